The van der Waals surface area contributed by atoms with E-state index in [1.807, 2.05) is 31.2 Å². The Kier molecular flexibility index (Phi) is 5.02. The van der Waals surface area contributed by atoms with E-state index >= 15 is 0 Å². The molecule has 0 saturated carbocycles. The van der Waals surface area contributed by atoms with Gasteiger partial charge in [0.2, 0.25) is 0 Å². The second kappa shape index (κ2) is 6.36. The van der Waals surface area contributed by atoms with Crippen molar-refractivity contribution in [2.24, 2.45) is 0 Å². The number of hydrogen-bond donors (Lipinski definition) is 1. The van der Waals surface area contributed by atoms with Crippen LogP contribution in [0, 0.1) is 0 Å². The van der Waals surface area contributed by atoms with Crippen LogP contribution in [0.4, 0.5) is 5.69 Å². The monoisotopic (exact) mass is 377 g/mol. The molecule has 0 amide bonds. The molecule has 1 N–H and O–H groups in total. The van der Waals surface area contributed by atoms with E-state index in [0.717, 1.165) is 20.7 Å². The van der Waals surface area contributed by atoms with Crippen molar-refractivity contribution >= 4 is 56.4 Å². The number of benzene rings is 2. The zero-order valence-corrected chi connectivity index (χ0v) is 13.9. The zero-order chi connectivity index (χ0) is 14.0. The molecule has 100 valence electrons. The lowest BCUT2D eigenvalue weighted by Gasteiger charge is -2.17. The Labute approximate surface area is 136 Å². The summed E-state index contributed by atoms with van der Waals surface area (Å²) in [5, 5.41) is 5.13. The predicted molar refractivity (Wildman–Crippen MR) is 87.7 cm³/mol. The fourth-order valence-corrected chi connectivity index (χ4v) is 2.90. The fraction of sp³-hybridized carbons (Fsp3) is 0.143. The maximum absolute atomic E-state index is 6.23. The molecular weight excluding hydrogens is 368 g/mol. The molecule has 2 aromatic carbocycles. The molecule has 0 aliphatic rings. The van der Waals surface area contributed by atoms with Crippen molar-refractivity contribution in [3.63, 3.8) is 0 Å². The number of hydrogen-bond acceptors (Lipinski definition) is 1. The molecular formula is C14H11BrCl3N. The Morgan fingerprint density at radius 1 is 0.947 bits per heavy atom. The summed E-state index contributed by atoms with van der Waals surface area (Å²) in [4.78, 5) is 0. The SMILES string of the molecule is CC(Nc1ccc(Cl)c(Cl)c1)c1ccc(Br)cc1Cl. The predicted octanol–water partition coefficient (Wildman–Crippen LogP) is 6.58. The lowest BCUT2D eigenvalue weighted by Crippen LogP contribution is -2.07. The van der Waals surface area contributed by atoms with Gasteiger partial charge in [-0.1, -0.05) is 56.8 Å². The number of halogens is 4. The molecule has 2 aromatic rings. The van der Waals surface area contributed by atoms with Gasteiger partial charge in [0.25, 0.3) is 0 Å². The topological polar surface area (TPSA) is 12.0 Å². The van der Waals surface area contributed by atoms with E-state index in [2.05, 4.69) is 21.2 Å². The average molecular weight is 380 g/mol. The van der Waals surface area contributed by atoms with E-state index in [4.69, 9.17) is 34.8 Å². The molecule has 5 heteroatoms. The van der Waals surface area contributed by atoms with Crippen molar-refractivity contribution in [2.75, 3.05) is 5.32 Å². The van der Waals surface area contributed by atoms with Gasteiger partial charge in [0.15, 0.2) is 0 Å². The largest absolute Gasteiger partial charge is 0.378 e. The molecule has 0 fully saturated rings. The van der Waals surface area contributed by atoms with Crippen LogP contribution in [0.1, 0.15) is 18.5 Å². The third-order valence-corrected chi connectivity index (χ3v) is 4.29. The first-order valence-electron chi connectivity index (χ1n) is 5.64. The summed E-state index contributed by atoms with van der Waals surface area (Å²) in [6, 6.07) is 11.4. The van der Waals surface area contributed by atoms with Gasteiger partial charge < -0.3 is 5.32 Å². The summed E-state index contributed by atoms with van der Waals surface area (Å²) >= 11 is 21.5. The van der Waals surface area contributed by atoms with Crippen LogP contribution in [0.15, 0.2) is 40.9 Å². The third-order valence-electron chi connectivity index (χ3n) is 2.73. The maximum Gasteiger partial charge on any atom is 0.0612 e. The average Bonchev–Trinajstić information content (AvgIpc) is 2.33. The molecule has 0 spiro atoms. The highest BCUT2D eigenvalue weighted by molar-refractivity contribution is 9.10. The van der Waals surface area contributed by atoms with Crippen LogP contribution < -0.4 is 5.32 Å². The van der Waals surface area contributed by atoms with Crippen LogP contribution in [0.5, 0.6) is 0 Å². The summed E-state index contributed by atoms with van der Waals surface area (Å²) in [6.07, 6.45) is 0. The van der Waals surface area contributed by atoms with Crippen molar-refractivity contribution < 1.29 is 0 Å². The quantitative estimate of drug-likeness (QED) is 0.635. The Balaban J connectivity index is 2.20. The molecule has 0 radical (unpaired) electrons. The van der Waals surface area contributed by atoms with Crippen molar-refractivity contribution in [1.29, 1.82) is 0 Å². The van der Waals surface area contributed by atoms with Crippen molar-refractivity contribution in [3.8, 4) is 0 Å². The highest BCUT2D eigenvalue weighted by Crippen LogP contribution is 2.30. The van der Waals surface area contributed by atoms with Gasteiger partial charge in [-0.05, 0) is 42.8 Å². The lowest BCUT2D eigenvalue weighted by atomic mass is 10.1. The minimum atomic E-state index is 0.0674. The molecule has 1 unspecified atom stereocenters. The Morgan fingerprint density at radius 3 is 2.32 bits per heavy atom. The van der Waals surface area contributed by atoms with Crippen molar-refractivity contribution in [1.82, 2.24) is 0 Å². The van der Waals surface area contributed by atoms with E-state index in [-0.39, 0.29) is 6.04 Å². The van der Waals surface area contributed by atoms with Crippen LogP contribution in [0.3, 0.4) is 0 Å². The van der Waals surface area contributed by atoms with Gasteiger partial charge in [-0.2, -0.15) is 0 Å². The zero-order valence-electron chi connectivity index (χ0n) is 10.1. The van der Waals surface area contributed by atoms with Gasteiger partial charge in [-0.25, -0.2) is 0 Å². The number of rotatable bonds is 3. The summed E-state index contributed by atoms with van der Waals surface area (Å²) in [5.41, 5.74) is 1.93. The Morgan fingerprint density at radius 2 is 1.68 bits per heavy atom. The first-order chi connectivity index (χ1) is 8.97. The smallest absolute Gasteiger partial charge is 0.0612 e. The van der Waals surface area contributed by atoms with Gasteiger partial charge >= 0.3 is 0 Å². The van der Waals surface area contributed by atoms with Gasteiger partial charge in [0.05, 0.1) is 10.0 Å². The molecule has 2 rings (SSSR count). The van der Waals surface area contributed by atoms with Crippen LogP contribution in [0.2, 0.25) is 15.1 Å². The Hall–Kier alpha value is -0.410. The molecule has 0 saturated heterocycles. The number of nitrogens with one attached hydrogen (secondary N) is 1. The highest BCUT2D eigenvalue weighted by atomic mass is 79.9. The van der Waals surface area contributed by atoms with Gasteiger partial charge in [-0.15, -0.1) is 0 Å². The summed E-state index contributed by atoms with van der Waals surface area (Å²) in [5.74, 6) is 0. The number of anilines is 1. The lowest BCUT2D eigenvalue weighted by molar-refractivity contribution is 0.885. The van der Waals surface area contributed by atoms with Gasteiger partial charge in [0.1, 0.15) is 0 Å². The standard InChI is InChI=1S/C14H11BrCl3N/c1-8(11-4-2-9(15)6-13(11)17)19-10-3-5-12(16)14(18)7-10/h2-8,19H,1H3. The molecule has 19 heavy (non-hydrogen) atoms. The van der Waals surface area contributed by atoms with Crippen LogP contribution in [-0.2, 0) is 0 Å². The first-order valence-corrected chi connectivity index (χ1v) is 7.56. The van der Waals surface area contributed by atoms with Gasteiger partial charge in [-0.3, -0.25) is 0 Å². The maximum atomic E-state index is 6.23. The molecule has 0 heterocycles. The summed E-state index contributed by atoms with van der Waals surface area (Å²) in [7, 11) is 0. The van der Waals surface area contributed by atoms with E-state index in [1.54, 1.807) is 12.1 Å². The first kappa shape index (κ1) is 15.0. The van der Waals surface area contributed by atoms with E-state index in [9.17, 15) is 0 Å². The molecule has 0 aliphatic heterocycles. The minimum Gasteiger partial charge on any atom is -0.378 e. The van der Waals surface area contributed by atoms with Crippen molar-refractivity contribution in [3.05, 3.63) is 61.5 Å². The molecule has 0 aliphatic carbocycles. The van der Waals surface area contributed by atoms with E-state index in [1.165, 1.54) is 0 Å². The van der Waals surface area contributed by atoms with Crippen LogP contribution in [-0.4, -0.2) is 0 Å². The fourth-order valence-electron chi connectivity index (χ4n) is 1.77. The van der Waals surface area contributed by atoms with E-state index < -0.39 is 0 Å². The summed E-state index contributed by atoms with van der Waals surface area (Å²) in [6.45, 7) is 2.04. The molecule has 0 bridgehead atoms. The normalized spacial score (nSPS) is 12.3. The van der Waals surface area contributed by atoms with Crippen LogP contribution >= 0.6 is 50.7 Å². The second-order valence-electron chi connectivity index (χ2n) is 4.16. The van der Waals surface area contributed by atoms with Crippen LogP contribution in [0.25, 0.3) is 0 Å². The Bertz CT molecular complexity index is 601. The third kappa shape index (κ3) is 3.79. The second-order valence-corrected chi connectivity index (χ2v) is 6.30. The molecule has 0 aromatic heterocycles. The van der Waals surface area contributed by atoms with E-state index in [0.29, 0.717) is 10.0 Å². The minimum absolute atomic E-state index is 0.0674. The summed E-state index contributed by atoms with van der Waals surface area (Å²) < 4.78 is 0.961. The van der Waals surface area contributed by atoms with Gasteiger partial charge in [0, 0.05) is 21.2 Å². The molecule has 1 atom stereocenters. The molecule has 1 nitrogen and oxygen atoms in total. The van der Waals surface area contributed by atoms with Crippen molar-refractivity contribution in [2.45, 2.75) is 13.0 Å². The highest BCUT2D eigenvalue weighted by Gasteiger charge is 2.10.